The molecule has 0 saturated carbocycles. The van der Waals surface area contributed by atoms with Crippen molar-refractivity contribution in [2.45, 2.75) is 31.7 Å². The smallest absolute Gasteiger partial charge is 0.404 e. The van der Waals surface area contributed by atoms with Gasteiger partial charge in [-0.05, 0) is 30.7 Å². The molecular weight excluding hydrogens is 397 g/mol. The van der Waals surface area contributed by atoms with Crippen LogP contribution in [0.2, 0.25) is 0 Å². The largest absolute Gasteiger partial charge is 0.573 e. The number of carbonyl (C=O) groups excluding carboxylic acids is 1. The zero-order valence-electron chi connectivity index (χ0n) is 15.2. The van der Waals surface area contributed by atoms with Gasteiger partial charge in [-0.25, -0.2) is 8.42 Å². The fourth-order valence-corrected chi connectivity index (χ4v) is 3.72. The van der Waals surface area contributed by atoms with E-state index in [0.717, 1.165) is 12.1 Å². The molecule has 2 rings (SSSR count). The quantitative estimate of drug-likeness (QED) is 0.746. The van der Waals surface area contributed by atoms with E-state index in [-0.39, 0.29) is 18.1 Å². The maximum atomic E-state index is 12.7. The Morgan fingerprint density at radius 3 is 2.32 bits per heavy atom. The first kappa shape index (κ1) is 21.5. The lowest BCUT2D eigenvalue weighted by atomic mass is 10.1. The van der Waals surface area contributed by atoms with Crippen LogP contribution in [-0.2, 0) is 21.4 Å². The maximum Gasteiger partial charge on any atom is 0.573 e. The predicted molar refractivity (Wildman–Crippen MR) is 97.1 cm³/mol. The van der Waals surface area contributed by atoms with Crippen LogP contribution in [0.4, 0.5) is 18.9 Å². The van der Waals surface area contributed by atoms with Crippen molar-refractivity contribution in [2.24, 2.45) is 0 Å². The molecule has 0 fully saturated rings. The number of hydrogen-bond acceptors (Lipinski definition) is 4. The predicted octanol–water partition coefficient (Wildman–Crippen LogP) is 3.75. The number of ether oxygens (including phenoxy) is 1. The number of rotatable bonds is 7. The number of hydrogen-bond donors (Lipinski definition) is 1. The van der Waals surface area contributed by atoms with E-state index in [1.54, 1.807) is 25.1 Å². The van der Waals surface area contributed by atoms with Crippen LogP contribution in [0.1, 0.15) is 19.4 Å². The van der Waals surface area contributed by atoms with Gasteiger partial charge in [0.05, 0.1) is 5.69 Å². The SMILES string of the molecule is CCN(Cc1ccccc1NS(=O)(=O)c1ccccc1OC(F)(F)F)C(C)=O. The lowest BCUT2D eigenvalue weighted by molar-refractivity contribution is -0.275. The van der Waals surface area contributed by atoms with Crippen molar-refractivity contribution in [3.63, 3.8) is 0 Å². The van der Waals surface area contributed by atoms with E-state index in [1.165, 1.54) is 30.0 Å². The minimum Gasteiger partial charge on any atom is -0.404 e. The molecule has 0 aliphatic rings. The van der Waals surface area contributed by atoms with Gasteiger partial charge in [-0.1, -0.05) is 30.3 Å². The Kier molecular flexibility index (Phi) is 6.55. The zero-order valence-corrected chi connectivity index (χ0v) is 16.0. The summed E-state index contributed by atoms with van der Waals surface area (Å²) >= 11 is 0. The Hall–Kier alpha value is -2.75. The van der Waals surface area contributed by atoms with Crippen LogP contribution in [-0.4, -0.2) is 32.1 Å². The third-order valence-corrected chi connectivity index (χ3v) is 5.22. The number of halogens is 3. The Morgan fingerprint density at radius 1 is 1.11 bits per heavy atom. The fraction of sp³-hybridized carbons (Fsp3) is 0.278. The van der Waals surface area contributed by atoms with Crippen molar-refractivity contribution in [3.8, 4) is 5.75 Å². The molecule has 0 aliphatic carbocycles. The second kappa shape index (κ2) is 8.51. The summed E-state index contributed by atoms with van der Waals surface area (Å²) in [6.07, 6.45) is -5.04. The van der Waals surface area contributed by atoms with Gasteiger partial charge in [-0.3, -0.25) is 9.52 Å². The standard InChI is InChI=1S/C18H19F3N2O4S/c1-3-23(13(2)24)12-14-8-4-5-9-15(14)22-28(25,26)17-11-7-6-10-16(17)27-18(19,20)21/h4-11,22H,3,12H2,1-2H3. The number of amides is 1. The average Bonchev–Trinajstić information content (AvgIpc) is 2.59. The van der Waals surface area contributed by atoms with E-state index in [0.29, 0.717) is 12.1 Å². The molecule has 0 aromatic heterocycles. The first-order chi connectivity index (χ1) is 13.0. The summed E-state index contributed by atoms with van der Waals surface area (Å²) in [5, 5.41) is 0. The van der Waals surface area contributed by atoms with Crippen molar-refractivity contribution in [1.82, 2.24) is 4.90 Å². The summed E-state index contributed by atoms with van der Waals surface area (Å²) < 4.78 is 69.3. The molecule has 0 spiro atoms. The Labute approximate surface area is 161 Å². The highest BCUT2D eigenvalue weighted by molar-refractivity contribution is 7.92. The number of alkyl halides is 3. The van der Waals surface area contributed by atoms with Crippen LogP contribution >= 0.6 is 0 Å². The van der Waals surface area contributed by atoms with Crippen LogP contribution < -0.4 is 9.46 Å². The van der Waals surface area contributed by atoms with Gasteiger partial charge >= 0.3 is 6.36 Å². The maximum absolute atomic E-state index is 12.7. The normalized spacial score (nSPS) is 11.8. The minimum absolute atomic E-state index is 0.144. The number of sulfonamides is 1. The van der Waals surface area contributed by atoms with E-state index in [2.05, 4.69) is 9.46 Å². The lowest BCUT2D eigenvalue weighted by Crippen LogP contribution is -2.28. The molecule has 0 bridgehead atoms. The van der Waals surface area contributed by atoms with Crippen LogP contribution in [0.15, 0.2) is 53.4 Å². The summed E-state index contributed by atoms with van der Waals surface area (Å²) in [7, 11) is -4.38. The van der Waals surface area contributed by atoms with Crippen LogP contribution in [0.25, 0.3) is 0 Å². The first-order valence-corrected chi connectivity index (χ1v) is 9.73. The number of nitrogens with zero attached hydrogens (tertiary/aromatic N) is 1. The topological polar surface area (TPSA) is 75.7 Å². The van der Waals surface area contributed by atoms with E-state index >= 15 is 0 Å². The minimum atomic E-state index is -5.04. The molecule has 0 unspecified atom stereocenters. The number of anilines is 1. The van der Waals surface area contributed by atoms with Crippen LogP contribution in [0.5, 0.6) is 5.75 Å². The molecule has 6 nitrogen and oxygen atoms in total. The van der Waals surface area contributed by atoms with Crippen molar-refractivity contribution >= 4 is 21.6 Å². The number of carbonyl (C=O) groups is 1. The Balaban J connectivity index is 2.38. The molecule has 0 radical (unpaired) electrons. The average molecular weight is 416 g/mol. The van der Waals surface area contributed by atoms with Crippen molar-refractivity contribution in [2.75, 3.05) is 11.3 Å². The van der Waals surface area contributed by atoms with E-state index in [4.69, 9.17) is 0 Å². The zero-order chi connectivity index (χ0) is 20.9. The highest BCUT2D eigenvalue weighted by Gasteiger charge is 2.34. The van der Waals surface area contributed by atoms with Gasteiger partial charge in [-0.2, -0.15) is 0 Å². The monoisotopic (exact) mass is 416 g/mol. The third-order valence-electron chi connectivity index (χ3n) is 3.81. The van der Waals surface area contributed by atoms with Crippen LogP contribution in [0, 0.1) is 0 Å². The second-order valence-corrected chi connectivity index (χ2v) is 7.44. The molecule has 2 aromatic rings. The number of para-hydroxylation sites is 2. The molecule has 1 amide bonds. The molecule has 0 heterocycles. The molecule has 10 heteroatoms. The summed E-state index contributed by atoms with van der Waals surface area (Å²) in [5.41, 5.74) is 0.654. The van der Waals surface area contributed by atoms with E-state index < -0.39 is 27.0 Å². The third kappa shape index (κ3) is 5.62. The van der Waals surface area contributed by atoms with Gasteiger partial charge in [0.1, 0.15) is 10.6 Å². The Morgan fingerprint density at radius 2 is 1.71 bits per heavy atom. The molecule has 2 aromatic carbocycles. The van der Waals surface area contributed by atoms with Gasteiger partial charge in [0.15, 0.2) is 0 Å². The molecular formula is C18H19F3N2O4S. The molecule has 0 atom stereocenters. The summed E-state index contributed by atoms with van der Waals surface area (Å²) in [4.78, 5) is 12.5. The lowest BCUT2D eigenvalue weighted by Gasteiger charge is -2.21. The van der Waals surface area contributed by atoms with Crippen molar-refractivity contribution in [3.05, 3.63) is 54.1 Å². The molecule has 152 valence electrons. The molecule has 28 heavy (non-hydrogen) atoms. The van der Waals surface area contributed by atoms with Gasteiger partial charge in [0.2, 0.25) is 5.91 Å². The van der Waals surface area contributed by atoms with Gasteiger partial charge in [0.25, 0.3) is 10.0 Å². The van der Waals surface area contributed by atoms with Gasteiger partial charge < -0.3 is 9.64 Å². The van der Waals surface area contributed by atoms with Crippen molar-refractivity contribution < 1.29 is 31.1 Å². The van der Waals surface area contributed by atoms with Gasteiger partial charge in [0, 0.05) is 20.0 Å². The highest BCUT2D eigenvalue weighted by atomic mass is 32.2. The fourth-order valence-electron chi connectivity index (χ4n) is 2.49. The number of benzene rings is 2. The second-order valence-electron chi connectivity index (χ2n) is 5.79. The number of nitrogens with one attached hydrogen (secondary N) is 1. The highest BCUT2D eigenvalue weighted by Crippen LogP contribution is 2.31. The summed E-state index contributed by atoms with van der Waals surface area (Å²) in [5.74, 6) is -1.03. The molecule has 1 N–H and O–H groups in total. The van der Waals surface area contributed by atoms with Crippen molar-refractivity contribution in [1.29, 1.82) is 0 Å². The van der Waals surface area contributed by atoms with E-state index in [1.807, 2.05) is 0 Å². The summed E-state index contributed by atoms with van der Waals surface area (Å²) in [6, 6.07) is 10.8. The summed E-state index contributed by atoms with van der Waals surface area (Å²) in [6.45, 7) is 3.73. The van der Waals surface area contributed by atoms with Gasteiger partial charge in [-0.15, -0.1) is 13.2 Å². The van der Waals surface area contributed by atoms with E-state index in [9.17, 15) is 26.4 Å². The Bertz CT molecular complexity index is 946. The van der Waals surface area contributed by atoms with Crippen LogP contribution in [0.3, 0.4) is 0 Å². The first-order valence-electron chi connectivity index (χ1n) is 8.24. The molecule has 0 aliphatic heterocycles. The molecule has 0 saturated heterocycles.